The Balaban J connectivity index is 2.49. The van der Waals surface area contributed by atoms with Crippen molar-refractivity contribution in [3.05, 3.63) is 34.9 Å². The lowest BCUT2D eigenvalue weighted by Gasteiger charge is -2.35. The standard InChI is InChI=1S/C13H19N3/c1-9-5-6-10(2)11(7-9)13(3)8-15-12(14)16(13)4/h5-7H,8H2,1-4H3,(H2,14,15). The van der Waals surface area contributed by atoms with Crippen molar-refractivity contribution >= 4 is 5.96 Å². The van der Waals surface area contributed by atoms with Crippen molar-refractivity contribution in [2.75, 3.05) is 13.6 Å². The molecule has 0 aliphatic carbocycles. The van der Waals surface area contributed by atoms with Gasteiger partial charge in [0.15, 0.2) is 5.96 Å². The molecule has 3 heteroatoms. The summed E-state index contributed by atoms with van der Waals surface area (Å²) in [4.78, 5) is 6.40. The van der Waals surface area contributed by atoms with Crippen molar-refractivity contribution in [3.63, 3.8) is 0 Å². The summed E-state index contributed by atoms with van der Waals surface area (Å²) in [6.45, 7) is 7.19. The van der Waals surface area contributed by atoms with Gasteiger partial charge in [0.25, 0.3) is 0 Å². The van der Waals surface area contributed by atoms with Gasteiger partial charge in [-0.15, -0.1) is 0 Å². The van der Waals surface area contributed by atoms with E-state index in [1.165, 1.54) is 16.7 Å². The number of nitrogens with two attached hydrogens (primary N) is 1. The number of hydrogen-bond donors (Lipinski definition) is 1. The molecule has 0 fully saturated rings. The Labute approximate surface area is 97.0 Å². The number of rotatable bonds is 1. The fourth-order valence-electron chi connectivity index (χ4n) is 2.28. The third kappa shape index (κ3) is 1.47. The van der Waals surface area contributed by atoms with E-state index in [9.17, 15) is 0 Å². The molecule has 1 aromatic carbocycles. The highest BCUT2D eigenvalue weighted by molar-refractivity contribution is 5.81. The summed E-state index contributed by atoms with van der Waals surface area (Å²) in [5.74, 6) is 0.628. The van der Waals surface area contributed by atoms with Gasteiger partial charge in [0.2, 0.25) is 0 Å². The monoisotopic (exact) mass is 217 g/mol. The van der Waals surface area contributed by atoms with E-state index in [1.807, 2.05) is 7.05 Å². The van der Waals surface area contributed by atoms with Crippen LogP contribution in [0.5, 0.6) is 0 Å². The quantitative estimate of drug-likeness (QED) is 0.779. The minimum atomic E-state index is -0.0970. The molecule has 1 aromatic rings. The largest absolute Gasteiger partial charge is 0.370 e. The Morgan fingerprint density at radius 2 is 2.06 bits per heavy atom. The molecule has 0 saturated carbocycles. The van der Waals surface area contributed by atoms with Crippen LogP contribution in [0.3, 0.4) is 0 Å². The van der Waals surface area contributed by atoms with E-state index in [0.717, 1.165) is 6.54 Å². The van der Waals surface area contributed by atoms with Gasteiger partial charge < -0.3 is 10.6 Å². The van der Waals surface area contributed by atoms with Crippen molar-refractivity contribution in [1.29, 1.82) is 0 Å². The predicted molar refractivity (Wildman–Crippen MR) is 67.5 cm³/mol. The lowest BCUT2D eigenvalue weighted by atomic mass is 9.87. The number of benzene rings is 1. The second-order valence-electron chi connectivity index (χ2n) is 4.83. The molecule has 0 bridgehead atoms. The fourth-order valence-corrected chi connectivity index (χ4v) is 2.28. The van der Waals surface area contributed by atoms with Gasteiger partial charge >= 0.3 is 0 Å². The zero-order chi connectivity index (χ0) is 11.9. The first-order valence-corrected chi connectivity index (χ1v) is 5.56. The summed E-state index contributed by atoms with van der Waals surface area (Å²) >= 11 is 0. The minimum Gasteiger partial charge on any atom is -0.370 e. The Hall–Kier alpha value is -1.51. The topological polar surface area (TPSA) is 41.6 Å². The number of aliphatic imine (C=N–C) groups is 1. The molecule has 0 amide bonds. The van der Waals surface area contributed by atoms with Crippen molar-refractivity contribution in [2.24, 2.45) is 10.7 Å². The summed E-state index contributed by atoms with van der Waals surface area (Å²) in [6, 6.07) is 6.54. The summed E-state index contributed by atoms with van der Waals surface area (Å²) in [5, 5.41) is 0. The first-order valence-electron chi connectivity index (χ1n) is 5.56. The molecule has 2 rings (SSSR count). The second-order valence-corrected chi connectivity index (χ2v) is 4.83. The van der Waals surface area contributed by atoms with Crippen LogP contribution in [-0.4, -0.2) is 24.5 Å². The Morgan fingerprint density at radius 3 is 2.62 bits per heavy atom. The lowest BCUT2D eigenvalue weighted by molar-refractivity contribution is 0.266. The predicted octanol–water partition coefficient (Wildman–Crippen LogP) is 1.78. The molecular weight excluding hydrogens is 198 g/mol. The third-order valence-corrected chi connectivity index (χ3v) is 3.61. The Morgan fingerprint density at radius 1 is 1.38 bits per heavy atom. The van der Waals surface area contributed by atoms with Gasteiger partial charge in [0, 0.05) is 7.05 Å². The zero-order valence-electron chi connectivity index (χ0n) is 10.4. The second kappa shape index (κ2) is 3.51. The molecule has 3 nitrogen and oxygen atoms in total. The van der Waals surface area contributed by atoms with Crippen molar-refractivity contribution in [2.45, 2.75) is 26.3 Å². The minimum absolute atomic E-state index is 0.0970. The number of guanidine groups is 1. The molecule has 16 heavy (non-hydrogen) atoms. The fraction of sp³-hybridized carbons (Fsp3) is 0.462. The molecule has 0 aromatic heterocycles. The van der Waals surface area contributed by atoms with Crippen LogP contribution in [0.25, 0.3) is 0 Å². The van der Waals surface area contributed by atoms with Crippen LogP contribution in [0.15, 0.2) is 23.2 Å². The number of aryl methyl sites for hydroxylation is 2. The van der Waals surface area contributed by atoms with Gasteiger partial charge in [0.1, 0.15) is 0 Å². The summed E-state index contributed by atoms with van der Waals surface area (Å²) < 4.78 is 0. The van der Waals surface area contributed by atoms with Crippen LogP contribution in [0.2, 0.25) is 0 Å². The summed E-state index contributed by atoms with van der Waals surface area (Å²) in [6.07, 6.45) is 0. The highest BCUT2D eigenvalue weighted by atomic mass is 15.3. The maximum Gasteiger partial charge on any atom is 0.191 e. The maximum atomic E-state index is 5.86. The van der Waals surface area contributed by atoms with Gasteiger partial charge in [-0.3, -0.25) is 4.99 Å². The van der Waals surface area contributed by atoms with E-state index in [4.69, 9.17) is 5.73 Å². The summed E-state index contributed by atoms with van der Waals surface area (Å²) in [7, 11) is 2.01. The van der Waals surface area contributed by atoms with Gasteiger partial charge in [-0.25, -0.2) is 0 Å². The van der Waals surface area contributed by atoms with E-state index < -0.39 is 0 Å². The molecule has 1 atom stereocenters. The SMILES string of the molecule is Cc1ccc(C)c(C2(C)CN=C(N)N2C)c1. The molecule has 0 radical (unpaired) electrons. The van der Waals surface area contributed by atoms with Gasteiger partial charge in [-0.05, 0) is 31.9 Å². The summed E-state index contributed by atoms with van der Waals surface area (Å²) in [5.41, 5.74) is 9.65. The van der Waals surface area contributed by atoms with Crippen molar-refractivity contribution < 1.29 is 0 Å². The smallest absolute Gasteiger partial charge is 0.191 e. The molecule has 0 spiro atoms. The molecular formula is C13H19N3. The van der Waals surface area contributed by atoms with Crippen LogP contribution < -0.4 is 5.73 Å². The van der Waals surface area contributed by atoms with Crippen LogP contribution in [0.1, 0.15) is 23.6 Å². The van der Waals surface area contributed by atoms with Crippen LogP contribution in [0.4, 0.5) is 0 Å². The van der Waals surface area contributed by atoms with Crippen LogP contribution in [0, 0.1) is 13.8 Å². The highest BCUT2D eigenvalue weighted by Crippen LogP contribution is 2.33. The molecule has 0 saturated heterocycles. The van der Waals surface area contributed by atoms with E-state index in [2.05, 4.69) is 48.9 Å². The number of nitrogens with zero attached hydrogens (tertiary/aromatic N) is 2. The number of hydrogen-bond acceptors (Lipinski definition) is 3. The number of likely N-dealkylation sites (N-methyl/N-ethyl adjacent to an activating group) is 1. The van der Waals surface area contributed by atoms with Gasteiger partial charge in [-0.2, -0.15) is 0 Å². The first kappa shape index (κ1) is 11.0. The van der Waals surface area contributed by atoms with E-state index in [-0.39, 0.29) is 5.54 Å². The van der Waals surface area contributed by atoms with E-state index in [1.54, 1.807) is 0 Å². The van der Waals surface area contributed by atoms with Crippen molar-refractivity contribution in [1.82, 2.24) is 4.90 Å². The Bertz CT molecular complexity index is 450. The van der Waals surface area contributed by atoms with E-state index >= 15 is 0 Å². The van der Waals surface area contributed by atoms with Gasteiger partial charge in [-0.1, -0.05) is 23.8 Å². The Kier molecular flexibility index (Phi) is 2.41. The normalized spacial score (nSPS) is 24.8. The highest BCUT2D eigenvalue weighted by Gasteiger charge is 2.37. The molecule has 1 aliphatic rings. The zero-order valence-corrected chi connectivity index (χ0v) is 10.4. The first-order chi connectivity index (χ1) is 7.45. The molecule has 2 N–H and O–H groups in total. The third-order valence-electron chi connectivity index (χ3n) is 3.61. The average molecular weight is 217 g/mol. The van der Waals surface area contributed by atoms with Crippen molar-refractivity contribution in [3.8, 4) is 0 Å². The average Bonchev–Trinajstić information content (AvgIpc) is 2.51. The molecule has 1 aliphatic heterocycles. The molecule has 86 valence electrons. The van der Waals surface area contributed by atoms with E-state index in [0.29, 0.717) is 5.96 Å². The maximum absolute atomic E-state index is 5.86. The van der Waals surface area contributed by atoms with Gasteiger partial charge in [0.05, 0.1) is 12.1 Å². The lowest BCUT2D eigenvalue weighted by Crippen LogP contribution is -2.45. The van der Waals surface area contributed by atoms with Crippen LogP contribution >= 0.6 is 0 Å². The molecule has 1 heterocycles. The van der Waals surface area contributed by atoms with Crippen LogP contribution in [-0.2, 0) is 5.54 Å². The molecule has 1 unspecified atom stereocenters.